The largest absolute Gasteiger partial charge is 0.508 e. The number of fused-ring (bicyclic) bond motifs is 4. The maximum atomic E-state index is 14.2. The number of allylic oxidation sites excluding steroid dienone is 2. The third kappa shape index (κ3) is 2.40. The van der Waals surface area contributed by atoms with Crippen LogP contribution in [0.1, 0.15) is 67.1 Å². The monoisotopic (exact) mass is 563 g/mol. The Morgan fingerprint density at radius 2 is 1.76 bits per heavy atom. The lowest BCUT2D eigenvalue weighted by Gasteiger charge is -2.49. The molecule has 0 aromatic heterocycles. The van der Waals surface area contributed by atoms with Crippen LogP contribution in [0, 0.1) is 5.41 Å². The van der Waals surface area contributed by atoms with E-state index in [9.17, 15) is 39.9 Å². The summed E-state index contributed by atoms with van der Waals surface area (Å²) in [6.45, 7) is 6.18. The lowest BCUT2D eigenvalue weighted by atomic mass is 9.54. The number of phenolic OH excluding ortho intramolecular Hbond substituents is 2. The van der Waals surface area contributed by atoms with E-state index in [2.05, 4.69) is 19.9 Å². The number of ether oxygens (including phenoxy) is 2. The quantitative estimate of drug-likeness (QED) is 0.178. The zero-order chi connectivity index (χ0) is 29.8. The van der Waals surface area contributed by atoms with E-state index in [-0.39, 0.29) is 17.4 Å². The highest BCUT2D eigenvalue weighted by atomic mass is 16.8. The molecule has 4 atom stereocenters. The summed E-state index contributed by atoms with van der Waals surface area (Å²) in [5.74, 6) is -8.38. The van der Waals surface area contributed by atoms with Crippen molar-refractivity contribution in [2.45, 2.75) is 68.9 Å². The maximum absolute atomic E-state index is 14.2. The number of carbonyl (C=O) groups is 3. The van der Waals surface area contributed by atoms with Crippen molar-refractivity contribution >= 4 is 28.2 Å². The first-order valence-corrected chi connectivity index (χ1v) is 13.3. The molecular formula is C30H29NO10. The average Bonchev–Trinajstić information content (AvgIpc) is 3.33. The van der Waals surface area contributed by atoms with Gasteiger partial charge in [0, 0.05) is 28.0 Å². The summed E-state index contributed by atoms with van der Waals surface area (Å²) in [5, 5.41) is 57.9. The van der Waals surface area contributed by atoms with Crippen molar-refractivity contribution < 1.29 is 49.4 Å². The highest BCUT2D eigenvalue weighted by molar-refractivity contribution is 6.25. The zero-order valence-corrected chi connectivity index (χ0v) is 22.8. The number of primary amides is 1. The topological polar surface area (TPSA) is 200 Å². The van der Waals surface area contributed by atoms with E-state index >= 15 is 0 Å². The Bertz CT molecular complexity index is 1790. The van der Waals surface area contributed by atoms with Gasteiger partial charge in [0.25, 0.3) is 5.91 Å². The number of amides is 1. The molecule has 11 nitrogen and oxygen atoms in total. The number of hydrogen-bond acceptors (Lipinski definition) is 10. The minimum atomic E-state index is -3.12. The molecule has 1 heterocycles. The van der Waals surface area contributed by atoms with Gasteiger partial charge < -0.3 is 40.7 Å². The number of methoxy groups -OCH3 is 1. The third-order valence-corrected chi connectivity index (χ3v) is 10.6. The Hall–Kier alpha value is -3.93. The van der Waals surface area contributed by atoms with Gasteiger partial charge in [0.05, 0.1) is 24.5 Å². The first-order chi connectivity index (χ1) is 19.1. The molecule has 1 aliphatic heterocycles. The van der Waals surface area contributed by atoms with Crippen molar-refractivity contribution in [3.63, 3.8) is 0 Å². The molecule has 2 aromatic rings. The van der Waals surface area contributed by atoms with Gasteiger partial charge in [-0.2, -0.15) is 0 Å². The number of benzene rings is 2. The number of hydrogen-bond donors (Lipinski definition) is 6. The summed E-state index contributed by atoms with van der Waals surface area (Å²) in [6, 6.07) is 1.36. The Morgan fingerprint density at radius 3 is 2.37 bits per heavy atom. The average molecular weight is 564 g/mol. The van der Waals surface area contributed by atoms with Crippen LogP contribution < -0.4 is 10.5 Å². The van der Waals surface area contributed by atoms with Crippen LogP contribution >= 0.6 is 0 Å². The number of phenols is 2. The first-order valence-electron chi connectivity index (χ1n) is 13.3. The molecule has 7 N–H and O–H groups in total. The van der Waals surface area contributed by atoms with Crippen molar-refractivity contribution in [3.05, 3.63) is 51.3 Å². The number of aliphatic hydroxyl groups is 3. The second-order valence-corrected chi connectivity index (χ2v) is 12.5. The SMILES string of the molecule is COc1cc(O)c2c(O)c3c(c4c2c1C1(C4)C(C)=CCCC1(C)C)[C@]1(O)O[C@@]12CC(=O)C(C(N)=O)=C(O)[C@@]2(O)C3=O. The van der Waals surface area contributed by atoms with Crippen LogP contribution in [0.2, 0.25) is 0 Å². The van der Waals surface area contributed by atoms with Crippen molar-refractivity contribution in [1.82, 2.24) is 0 Å². The van der Waals surface area contributed by atoms with Gasteiger partial charge in [-0.15, -0.1) is 0 Å². The predicted molar refractivity (Wildman–Crippen MR) is 141 cm³/mol. The highest BCUT2D eigenvalue weighted by Crippen LogP contribution is 2.73. The molecule has 41 heavy (non-hydrogen) atoms. The molecule has 2 aromatic carbocycles. The van der Waals surface area contributed by atoms with Gasteiger partial charge in [-0.05, 0) is 37.2 Å². The van der Waals surface area contributed by atoms with Gasteiger partial charge in [0.1, 0.15) is 22.8 Å². The van der Waals surface area contributed by atoms with E-state index in [0.29, 0.717) is 22.3 Å². The van der Waals surface area contributed by atoms with Crippen LogP contribution in [-0.2, 0) is 31.9 Å². The molecule has 0 saturated carbocycles. The molecule has 0 bridgehead atoms. The van der Waals surface area contributed by atoms with Gasteiger partial charge in [-0.1, -0.05) is 25.5 Å². The lowest BCUT2D eigenvalue weighted by Crippen LogP contribution is -2.63. The van der Waals surface area contributed by atoms with Gasteiger partial charge in [0.15, 0.2) is 17.1 Å². The smallest absolute Gasteiger partial charge is 0.255 e. The predicted octanol–water partition coefficient (Wildman–Crippen LogP) is 1.93. The standard InChI is InChI=1S/C30H29NO10/c1-11-6-5-7-26(2,3)27(11)9-12-16-17(13(32)8-15(40-4)21(16)27)22(34)19-20(12)30(39)28(41-30)10-14(33)18(25(31)37)23(35)29(28,38)24(19)36/h6,8,32,34-35,38-39H,5,7,9-10H2,1-4H3,(H2,31,37)/t27?,28-,29-,30+/m1/s1. The summed E-state index contributed by atoms with van der Waals surface area (Å²) >= 11 is 0. The Balaban J connectivity index is 1.65. The lowest BCUT2D eigenvalue weighted by molar-refractivity contribution is -0.127. The molecule has 1 amide bonds. The van der Waals surface area contributed by atoms with Crippen LogP contribution in [0.25, 0.3) is 10.8 Å². The van der Waals surface area contributed by atoms with Gasteiger partial charge in [-0.25, -0.2) is 0 Å². The summed E-state index contributed by atoms with van der Waals surface area (Å²) < 4.78 is 11.5. The van der Waals surface area contributed by atoms with Gasteiger partial charge in [-0.3, -0.25) is 14.4 Å². The fraction of sp³-hybridized carbons (Fsp3) is 0.433. The number of aromatic hydroxyl groups is 2. The molecule has 1 saturated heterocycles. The Labute approximate surface area is 233 Å². The van der Waals surface area contributed by atoms with Crippen LogP contribution in [0.15, 0.2) is 29.0 Å². The molecule has 11 heteroatoms. The van der Waals surface area contributed by atoms with Crippen molar-refractivity contribution in [1.29, 1.82) is 0 Å². The first kappa shape index (κ1) is 26.0. The molecule has 5 aliphatic rings. The second-order valence-electron chi connectivity index (χ2n) is 12.5. The minimum absolute atomic E-state index is 0.0974. The minimum Gasteiger partial charge on any atom is -0.508 e. The number of carbonyl (C=O) groups excluding carboxylic acids is 3. The summed E-state index contributed by atoms with van der Waals surface area (Å²) in [7, 11) is 1.46. The van der Waals surface area contributed by atoms with Gasteiger partial charge >= 0.3 is 0 Å². The molecule has 2 spiro atoms. The fourth-order valence-corrected chi connectivity index (χ4v) is 8.53. The Morgan fingerprint density at radius 1 is 1.07 bits per heavy atom. The number of epoxide rings is 1. The summed E-state index contributed by atoms with van der Waals surface area (Å²) in [5.41, 5.74) is -1.03. The fourth-order valence-electron chi connectivity index (χ4n) is 8.53. The summed E-state index contributed by atoms with van der Waals surface area (Å²) in [4.78, 5) is 39.2. The second kappa shape index (κ2) is 7.10. The van der Waals surface area contributed by atoms with Crippen molar-refractivity contribution in [2.75, 3.05) is 7.11 Å². The molecule has 4 aliphatic carbocycles. The number of rotatable bonds is 2. The molecule has 0 radical (unpaired) electrons. The molecule has 1 unspecified atom stereocenters. The molecule has 7 rings (SSSR count). The van der Waals surface area contributed by atoms with Crippen LogP contribution in [0.3, 0.4) is 0 Å². The van der Waals surface area contributed by atoms with E-state index in [4.69, 9.17) is 15.2 Å². The molecule has 214 valence electrons. The van der Waals surface area contributed by atoms with E-state index in [1.807, 2.05) is 6.92 Å². The van der Waals surface area contributed by atoms with Crippen molar-refractivity contribution in [3.8, 4) is 17.2 Å². The zero-order valence-electron chi connectivity index (χ0n) is 22.8. The Kier molecular flexibility index (Phi) is 4.50. The van der Waals surface area contributed by atoms with E-state index in [1.54, 1.807) is 0 Å². The molecular weight excluding hydrogens is 534 g/mol. The van der Waals surface area contributed by atoms with E-state index in [0.717, 1.165) is 18.4 Å². The number of aliphatic hydroxyl groups excluding tert-OH is 1. The number of Topliss-reactive ketones (excluding diaryl/α,β-unsaturated/α-hetero) is 2. The number of nitrogens with two attached hydrogens (primary N) is 1. The van der Waals surface area contributed by atoms with E-state index < -0.39 is 80.1 Å². The normalized spacial score (nSPS) is 34.3. The molecule has 1 fully saturated rings. The van der Waals surface area contributed by atoms with Crippen LogP contribution in [0.5, 0.6) is 17.2 Å². The van der Waals surface area contributed by atoms with E-state index in [1.165, 1.54) is 13.2 Å². The van der Waals surface area contributed by atoms with Crippen LogP contribution in [0.4, 0.5) is 0 Å². The third-order valence-electron chi connectivity index (χ3n) is 10.6. The van der Waals surface area contributed by atoms with Crippen molar-refractivity contribution in [2.24, 2.45) is 11.1 Å². The summed E-state index contributed by atoms with van der Waals surface area (Å²) in [6.07, 6.45) is 3.10. The van der Waals surface area contributed by atoms with Gasteiger partial charge in [0.2, 0.25) is 17.2 Å². The van der Waals surface area contributed by atoms with Crippen LogP contribution in [-0.4, -0.2) is 61.3 Å². The number of ketones is 2. The highest BCUT2D eigenvalue weighted by Gasteiger charge is 2.89. The maximum Gasteiger partial charge on any atom is 0.255 e.